The van der Waals surface area contributed by atoms with E-state index in [1.165, 1.54) is 35.8 Å². The van der Waals surface area contributed by atoms with E-state index in [0.717, 1.165) is 36.6 Å². The van der Waals surface area contributed by atoms with Gasteiger partial charge in [-0.25, -0.2) is 5.06 Å². The average molecular weight is 309 g/mol. The Bertz CT molecular complexity index is 749. The summed E-state index contributed by atoms with van der Waals surface area (Å²) in [5.41, 5.74) is 3.48. The van der Waals surface area contributed by atoms with Gasteiger partial charge in [-0.15, -0.1) is 0 Å². The second kappa shape index (κ2) is 5.97. The van der Waals surface area contributed by atoms with Gasteiger partial charge in [0, 0.05) is 0 Å². The summed E-state index contributed by atoms with van der Waals surface area (Å²) in [7, 11) is 1.62. The summed E-state index contributed by atoms with van der Waals surface area (Å²) in [6, 6.07) is 10.8. The van der Waals surface area contributed by atoms with Gasteiger partial charge in [0.1, 0.15) is 0 Å². The molecular weight excluding hydrogens is 286 g/mol. The Morgan fingerprint density at radius 2 is 1.91 bits per heavy atom. The van der Waals surface area contributed by atoms with Crippen molar-refractivity contribution >= 4 is 16.7 Å². The van der Waals surface area contributed by atoms with E-state index < -0.39 is 0 Å². The first-order valence-electron chi connectivity index (χ1n) is 8.71. The molecule has 2 aliphatic rings. The maximum absolute atomic E-state index is 13.3. The third kappa shape index (κ3) is 2.43. The molecule has 2 aromatic carbocycles. The fourth-order valence-electron chi connectivity index (χ4n) is 3.95. The number of nitrogens with zero attached hydrogens (tertiary/aromatic N) is 1. The quantitative estimate of drug-likeness (QED) is 0.792. The van der Waals surface area contributed by atoms with Crippen LogP contribution in [0.2, 0.25) is 0 Å². The number of hydrogen-bond acceptors (Lipinski definition) is 2. The number of rotatable bonds is 3. The first-order chi connectivity index (χ1) is 11.3. The van der Waals surface area contributed by atoms with Crippen LogP contribution in [0.1, 0.15) is 53.6 Å². The molecule has 0 aliphatic heterocycles. The molecule has 0 unspecified atom stereocenters. The molecule has 120 valence electrons. The minimum Gasteiger partial charge on any atom is -0.274 e. The fourth-order valence-corrected chi connectivity index (χ4v) is 3.95. The van der Waals surface area contributed by atoms with Gasteiger partial charge in [0.25, 0.3) is 5.91 Å². The molecule has 2 aromatic rings. The van der Waals surface area contributed by atoms with Gasteiger partial charge in [-0.1, -0.05) is 30.3 Å². The van der Waals surface area contributed by atoms with Crippen molar-refractivity contribution in [1.29, 1.82) is 0 Å². The van der Waals surface area contributed by atoms with E-state index in [1.54, 1.807) is 12.2 Å². The van der Waals surface area contributed by atoms with Gasteiger partial charge >= 0.3 is 0 Å². The van der Waals surface area contributed by atoms with Gasteiger partial charge in [-0.2, -0.15) is 0 Å². The highest BCUT2D eigenvalue weighted by molar-refractivity contribution is 6.08. The summed E-state index contributed by atoms with van der Waals surface area (Å²) in [6.45, 7) is 0. The molecule has 0 atom stereocenters. The van der Waals surface area contributed by atoms with E-state index in [0.29, 0.717) is 0 Å². The molecule has 0 aromatic heterocycles. The lowest BCUT2D eigenvalue weighted by Gasteiger charge is -2.36. The van der Waals surface area contributed by atoms with Crippen molar-refractivity contribution in [3.63, 3.8) is 0 Å². The van der Waals surface area contributed by atoms with Crippen LogP contribution in [0.4, 0.5) is 0 Å². The Balaban J connectivity index is 1.88. The number of aryl methyl sites for hydroxylation is 1. The number of fused-ring (bicyclic) bond motifs is 2. The topological polar surface area (TPSA) is 29.5 Å². The predicted octanol–water partition coefficient (Wildman–Crippen LogP) is 4.27. The first-order valence-corrected chi connectivity index (χ1v) is 8.71. The Labute approximate surface area is 137 Å². The fraction of sp³-hybridized carbons (Fsp3) is 0.450. The molecule has 3 heteroatoms. The number of benzene rings is 2. The molecule has 0 heterocycles. The summed E-state index contributed by atoms with van der Waals surface area (Å²) >= 11 is 0. The van der Waals surface area contributed by atoms with Crippen molar-refractivity contribution in [2.75, 3.05) is 7.11 Å². The molecule has 0 saturated heterocycles. The molecule has 0 spiro atoms. The van der Waals surface area contributed by atoms with Crippen molar-refractivity contribution < 1.29 is 9.63 Å². The van der Waals surface area contributed by atoms with Crippen molar-refractivity contribution in [3.05, 3.63) is 47.0 Å². The standard InChI is InChI=1S/C20H23NO2/c1-23-21(16-9-6-10-16)20(22)19-17-11-4-2-7-14(17)13-15-8-3-5-12-18(15)19/h2,4,7,11,13,16H,3,5-6,8-10,12H2,1H3. The Morgan fingerprint density at radius 3 is 2.65 bits per heavy atom. The van der Waals surface area contributed by atoms with E-state index in [2.05, 4.69) is 18.2 Å². The van der Waals surface area contributed by atoms with Gasteiger partial charge < -0.3 is 0 Å². The van der Waals surface area contributed by atoms with Gasteiger partial charge in [0.15, 0.2) is 0 Å². The van der Waals surface area contributed by atoms with Crippen molar-refractivity contribution in [2.45, 2.75) is 51.0 Å². The van der Waals surface area contributed by atoms with Crippen LogP contribution >= 0.6 is 0 Å². The Hall–Kier alpha value is -1.87. The Morgan fingerprint density at radius 1 is 1.13 bits per heavy atom. The zero-order chi connectivity index (χ0) is 15.8. The number of hydrogen-bond donors (Lipinski definition) is 0. The van der Waals surface area contributed by atoms with E-state index in [9.17, 15) is 4.79 Å². The molecular formula is C20H23NO2. The molecule has 1 fully saturated rings. The predicted molar refractivity (Wildman–Crippen MR) is 91.4 cm³/mol. The minimum atomic E-state index is 0.0483. The zero-order valence-electron chi connectivity index (χ0n) is 13.7. The lowest BCUT2D eigenvalue weighted by atomic mass is 9.84. The molecule has 0 radical (unpaired) electrons. The van der Waals surface area contributed by atoms with Crippen LogP contribution in [0.5, 0.6) is 0 Å². The first kappa shape index (κ1) is 14.7. The lowest BCUT2D eigenvalue weighted by Crippen LogP contribution is -2.43. The van der Waals surface area contributed by atoms with Crippen LogP contribution < -0.4 is 0 Å². The lowest BCUT2D eigenvalue weighted by molar-refractivity contribution is -0.139. The van der Waals surface area contributed by atoms with Gasteiger partial charge in [-0.05, 0) is 66.8 Å². The largest absolute Gasteiger partial charge is 0.278 e. The second-order valence-electron chi connectivity index (χ2n) is 6.72. The SMILES string of the molecule is CON(C(=O)c1c2c(cc3ccccc13)CCCC2)C1CCC1. The van der Waals surface area contributed by atoms with Crippen molar-refractivity contribution in [3.8, 4) is 0 Å². The minimum absolute atomic E-state index is 0.0483. The van der Waals surface area contributed by atoms with Gasteiger partial charge in [0.2, 0.25) is 0 Å². The van der Waals surface area contributed by atoms with Crippen LogP contribution in [0.3, 0.4) is 0 Å². The van der Waals surface area contributed by atoms with E-state index >= 15 is 0 Å². The van der Waals surface area contributed by atoms with Gasteiger partial charge in [-0.3, -0.25) is 9.63 Å². The summed E-state index contributed by atoms with van der Waals surface area (Å²) in [4.78, 5) is 18.8. The van der Waals surface area contributed by atoms with Crippen LogP contribution in [-0.2, 0) is 17.7 Å². The molecule has 4 rings (SSSR count). The second-order valence-corrected chi connectivity index (χ2v) is 6.72. The third-order valence-corrected chi connectivity index (χ3v) is 5.39. The highest BCUT2D eigenvalue weighted by Crippen LogP contribution is 2.34. The van der Waals surface area contributed by atoms with Crippen LogP contribution in [0, 0.1) is 0 Å². The maximum Gasteiger partial charge on any atom is 0.278 e. The van der Waals surface area contributed by atoms with Crippen LogP contribution in [-0.4, -0.2) is 24.1 Å². The Kier molecular flexibility index (Phi) is 3.82. The highest BCUT2D eigenvalue weighted by Gasteiger charge is 2.32. The normalized spacial score (nSPS) is 17.6. The zero-order valence-corrected chi connectivity index (χ0v) is 13.7. The smallest absolute Gasteiger partial charge is 0.274 e. The average Bonchev–Trinajstić information content (AvgIpc) is 2.55. The van der Waals surface area contributed by atoms with Crippen molar-refractivity contribution in [2.24, 2.45) is 0 Å². The summed E-state index contributed by atoms with van der Waals surface area (Å²) < 4.78 is 0. The summed E-state index contributed by atoms with van der Waals surface area (Å²) in [5, 5.41) is 3.86. The molecule has 1 amide bonds. The van der Waals surface area contributed by atoms with E-state index in [1.807, 2.05) is 12.1 Å². The molecule has 23 heavy (non-hydrogen) atoms. The van der Waals surface area contributed by atoms with Crippen molar-refractivity contribution in [1.82, 2.24) is 5.06 Å². The summed E-state index contributed by atoms with van der Waals surface area (Å²) in [6.07, 6.45) is 7.75. The monoisotopic (exact) mass is 309 g/mol. The molecule has 0 bridgehead atoms. The molecule has 2 aliphatic carbocycles. The van der Waals surface area contributed by atoms with E-state index in [-0.39, 0.29) is 11.9 Å². The van der Waals surface area contributed by atoms with Gasteiger partial charge in [0.05, 0.1) is 18.7 Å². The van der Waals surface area contributed by atoms with Crippen LogP contribution in [0.15, 0.2) is 30.3 Å². The van der Waals surface area contributed by atoms with E-state index in [4.69, 9.17) is 4.84 Å². The third-order valence-electron chi connectivity index (χ3n) is 5.39. The summed E-state index contributed by atoms with van der Waals surface area (Å²) in [5.74, 6) is 0.0483. The number of amides is 1. The number of carbonyl (C=O) groups excluding carboxylic acids is 1. The number of hydroxylamine groups is 2. The molecule has 0 N–H and O–H groups in total. The highest BCUT2D eigenvalue weighted by atomic mass is 16.7. The maximum atomic E-state index is 13.3. The van der Waals surface area contributed by atoms with Crippen LogP contribution in [0.25, 0.3) is 10.8 Å². The molecule has 3 nitrogen and oxygen atoms in total. The number of carbonyl (C=O) groups is 1. The molecule has 1 saturated carbocycles.